The van der Waals surface area contributed by atoms with Gasteiger partial charge in [-0.2, -0.15) is 0 Å². The van der Waals surface area contributed by atoms with Crippen LogP contribution in [-0.2, 0) is 0 Å². The third kappa shape index (κ3) is 2.09. The summed E-state index contributed by atoms with van der Waals surface area (Å²) < 4.78 is 0. The summed E-state index contributed by atoms with van der Waals surface area (Å²) in [7, 11) is 0. The molecule has 0 heteroatoms. The summed E-state index contributed by atoms with van der Waals surface area (Å²) in [5.41, 5.74) is 2.55. The van der Waals surface area contributed by atoms with Crippen molar-refractivity contribution in [1.82, 2.24) is 0 Å². The molecule has 62 valence electrons. The largest absolute Gasteiger partial charge is 0.0870 e. The normalized spacial score (nSPS) is 11.5. The summed E-state index contributed by atoms with van der Waals surface area (Å²) in [5.74, 6) is 0. The van der Waals surface area contributed by atoms with Crippen molar-refractivity contribution in [2.24, 2.45) is 0 Å². The van der Waals surface area contributed by atoms with Crippen molar-refractivity contribution in [3.05, 3.63) is 47.5 Å². The molecule has 0 fully saturated rings. The molecule has 12 heavy (non-hydrogen) atoms. The minimum atomic E-state index is 1.28. The van der Waals surface area contributed by atoms with Crippen LogP contribution in [0.5, 0.6) is 0 Å². The van der Waals surface area contributed by atoms with Crippen molar-refractivity contribution in [3.63, 3.8) is 0 Å². The number of hydrogen-bond donors (Lipinski definition) is 0. The van der Waals surface area contributed by atoms with Crippen LogP contribution in [0.3, 0.4) is 0 Å². The summed E-state index contributed by atoms with van der Waals surface area (Å²) in [4.78, 5) is 0. The number of benzene rings is 1. The van der Waals surface area contributed by atoms with Gasteiger partial charge in [-0.05, 0) is 25.0 Å². The van der Waals surface area contributed by atoms with Crippen LogP contribution >= 0.6 is 0 Å². The lowest BCUT2D eigenvalue weighted by molar-refractivity contribution is 1.59. The number of rotatable bonds is 2. The predicted molar refractivity (Wildman–Crippen MR) is 55.9 cm³/mol. The molecule has 0 saturated carbocycles. The standard InChI is InChI=1S/C12H14/c1-3-7-11-9-5-6-10-12(11)8-4-2/h3-10H,1-2H3/b7-3+,8-4+. The second kappa shape index (κ2) is 4.55. The van der Waals surface area contributed by atoms with E-state index in [1.807, 2.05) is 13.8 Å². The zero-order chi connectivity index (χ0) is 8.81. The quantitative estimate of drug-likeness (QED) is 0.615. The molecule has 0 heterocycles. The van der Waals surface area contributed by atoms with Gasteiger partial charge in [0, 0.05) is 0 Å². The van der Waals surface area contributed by atoms with Gasteiger partial charge in [-0.15, -0.1) is 0 Å². The highest BCUT2D eigenvalue weighted by Crippen LogP contribution is 2.12. The van der Waals surface area contributed by atoms with Crippen LogP contribution < -0.4 is 0 Å². The van der Waals surface area contributed by atoms with Gasteiger partial charge in [-0.1, -0.05) is 48.6 Å². The van der Waals surface area contributed by atoms with Crippen molar-refractivity contribution in [1.29, 1.82) is 0 Å². The molecule has 1 aromatic carbocycles. The Bertz CT molecular complexity index is 262. The van der Waals surface area contributed by atoms with Crippen LogP contribution in [0.4, 0.5) is 0 Å². The van der Waals surface area contributed by atoms with Gasteiger partial charge < -0.3 is 0 Å². The van der Waals surface area contributed by atoms with Crippen molar-refractivity contribution in [3.8, 4) is 0 Å². The molecule has 0 amide bonds. The first-order valence-corrected chi connectivity index (χ1v) is 4.23. The van der Waals surface area contributed by atoms with Gasteiger partial charge >= 0.3 is 0 Å². The minimum Gasteiger partial charge on any atom is -0.0870 e. The summed E-state index contributed by atoms with van der Waals surface area (Å²) in [6.45, 7) is 4.07. The molecule has 0 aromatic heterocycles. The molecular weight excluding hydrogens is 144 g/mol. The minimum absolute atomic E-state index is 1.28. The van der Waals surface area contributed by atoms with Gasteiger partial charge in [-0.3, -0.25) is 0 Å². The molecule has 0 bridgehead atoms. The molecule has 0 N–H and O–H groups in total. The first-order valence-electron chi connectivity index (χ1n) is 4.23. The summed E-state index contributed by atoms with van der Waals surface area (Å²) in [6, 6.07) is 8.36. The third-order valence-electron chi connectivity index (χ3n) is 1.69. The van der Waals surface area contributed by atoms with Crippen LogP contribution in [0, 0.1) is 0 Å². The van der Waals surface area contributed by atoms with E-state index in [4.69, 9.17) is 0 Å². The van der Waals surface area contributed by atoms with Gasteiger partial charge in [-0.25, -0.2) is 0 Å². The summed E-state index contributed by atoms with van der Waals surface area (Å²) >= 11 is 0. The maximum atomic E-state index is 2.12. The van der Waals surface area contributed by atoms with Crippen molar-refractivity contribution in [2.75, 3.05) is 0 Å². The van der Waals surface area contributed by atoms with E-state index in [0.717, 1.165) is 0 Å². The average molecular weight is 158 g/mol. The van der Waals surface area contributed by atoms with Gasteiger partial charge in [0.1, 0.15) is 0 Å². The Labute approximate surface area is 74.2 Å². The molecule has 0 atom stereocenters. The highest BCUT2D eigenvalue weighted by Gasteiger charge is 1.91. The Hall–Kier alpha value is -1.30. The smallest absolute Gasteiger partial charge is 0.0187 e. The monoisotopic (exact) mass is 158 g/mol. The van der Waals surface area contributed by atoms with Crippen LogP contribution in [0.2, 0.25) is 0 Å². The lowest BCUT2D eigenvalue weighted by atomic mass is 10.1. The Morgan fingerprint density at radius 1 is 0.833 bits per heavy atom. The van der Waals surface area contributed by atoms with Crippen LogP contribution in [0.15, 0.2) is 36.4 Å². The maximum Gasteiger partial charge on any atom is -0.0187 e. The SMILES string of the molecule is C/C=C/c1ccccc1/C=C/C. The molecule has 0 aliphatic rings. The van der Waals surface area contributed by atoms with Gasteiger partial charge in [0.2, 0.25) is 0 Å². The average Bonchev–Trinajstić information content (AvgIpc) is 2.09. The number of allylic oxidation sites excluding steroid dienone is 2. The van der Waals surface area contributed by atoms with E-state index in [2.05, 4.69) is 48.6 Å². The first-order chi connectivity index (χ1) is 5.88. The highest BCUT2D eigenvalue weighted by atomic mass is 14.0. The Morgan fingerprint density at radius 3 is 1.58 bits per heavy atom. The highest BCUT2D eigenvalue weighted by molar-refractivity contribution is 5.64. The maximum absolute atomic E-state index is 2.12. The Kier molecular flexibility index (Phi) is 3.34. The van der Waals surface area contributed by atoms with Crippen molar-refractivity contribution in [2.45, 2.75) is 13.8 Å². The number of hydrogen-bond acceptors (Lipinski definition) is 0. The molecule has 0 aliphatic carbocycles. The van der Waals surface area contributed by atoms with E-state index in [0.29, 0.717) is 0 Å². The lowest BCUT2D eigenvalue weighted by Gasteiger charge is -1.98. The van der Waals surface area contributed by atoms with Crippen LogP contribution in [0.1, 0.15) is 25.0 Å². The van der Waals surface area contributed by atoms with E-state index in [-0.39, 0.29) is 0 Å². The van der Waals surface area contributed by atoms with E-state index in [9.17, 15) is 0 Å². The fourth-order valence-corrected chi connectivity index (χ4v) is 1.17. The summed E-state index contributed by atoms with van der Waals surface area (Å²) in [5, 5.41) is 0. The fraction of sp³-hybridized carbons (Fsp3) is 0.167. The van der Waals surface area contributed by atoms with Crippen LogP contribution in [0.25, 0.3) is 12.2 Å². The molecule has 0 spiro atoms. The molecule has 1 aromatic rings. The molecule has 0 nitrogen and oxygen atoms in total. The second-order valence-electron chi connectivity index (χ2n) is 2.63. The van der Waals surface area contributed by atoms with Gasteiger partial charge in [0.25, 0.3) is 0 Å². The van der Waals surface area contributed by atoms with E-state index in [1.165, 1.54) is 11.1 Å². The van der Waals surface area contributed by atoms with Gasteiger partial charge in [0.05, 0.1) is 0 Å². The topological polar surface area (TPSA) is 0 Å². The molecular formula is C12H14. The molecule has 1 rings (SSSR count). The Balaban J connectivity index is 3.08. The molecule has 0 radical (unpaired) electrons. The first kappa shape index (κ1) is 8.79. The van der Waals surface area contributed by atoms with E-state index in [1.54, 1.807) is 0 Å². The van der Waals surface area contributed by atoms with Crippen molar-refractivity contribution < 1.29 is 0 Å². The molecule has 0 saturated heterocycles. The molecule has 0 unspecified atom stereocenters. The molecule has 0 aliphatic heterocycles. The van der Waals surface area contributed by atoms with E-state index < -0.39 is 0 Å². The second-order valence-corrected chi connectivity index (χ2v) is 2.63. The zero-order valence-electron chi connectivity index (χ0n) is 7.62. The Morgan fingerprint density at radius 2 is 1.25 bits per heavy atom. The predicted octanol–water partition coefficient (Wildman–Crippen LogP) is 3.75. The summed E-state index contributed by atoms with van der Waals surface area (Å²) in [6.07, 6.45) is 8.36. The third-order valence-corrected chi connectivity index (χ3v) is 1.69. The fourth-order valence-electron chi connectivity index (χ4n) is 1.17. The van der Waals surface area contributed by atoms with Gasteiger partial charge in [0.15, 0.2) is 0 Å². The zero-order valence-corrected chi connectivity index (χ0v) is 7.62. The van der Waals surface area contributed by atoms with E-state index >= 15 is 0 Å². The van der Waals surface area contributed by atoms with Crippen LogP contribution in [-0.4, -0.2) is 0 Å². The van der Waals surface area contributed by atoms with Crippen molar-refractivity contribution >= 4 is 12.2 Å². The lowest BCUT2D eigenvalue weighted by Crippen LogP contribution is -1.77.